The summed E-state index contributed by atoms with van der Waals surface area (Å²) in [7, 11) is 0. The fourth-order valence-corrected chi connectivity index (χ4v) is 2.82. The Morgan fingerprint density at radius 3 is 2.27 bits per heavy atom. The molecule has 1 aromatic heterocycles. The highest BCUT2D eigenvalue weighted by Crippen LogP contribution is 2.23. The number of nitrogens with zero attached hydrogens (tertiary/aromatic N) is 2. The summed E-state index contributed by atoms with van der Waals surface area (Å²) in [5.74, 6) is 1.25. The van der Waals surface area contributed by atoms with Gasteiger partial charge in [-0.2, -0.15) is 0 Å². The summed E-state index contributed by atoms with van der Waals surface area (Å²) >= 11 is 0. The Kier molecular flexibility index (Phi) is 5.64. The molecular formula is C22H22N2O2. The molecule has 0 saturated carbocycles. The zero-order valence-electron chi connectivity index (χ0n) is 15.1. The van der Waals surface area contributed by atoms with Crippen molar-refractivity contribution in [2.75, 3.05) is 11.5 Å². The topological polar surface area (TPSA) is 42.4 Å². The summed E-state index contributed by atoms with van der Waals surface area (Å²) in [4.78, 5) is 18.9. The Bertz CT molecular complexity index is 844. The molecule has 4 heteroatoms. The number of hydrogen-bond acceptors (Lipinski definition) is 3. The van der Waals surface area contributed by atoms with Gasteiger partial charge < -0.3 is 4.74 Å². The van der Waals surface area contributed by atoms with Gasteiger partial charge in [-0.3, -0.25) is 9.69 Å². The molecule has 0 bridgehead atoms. The summed E-state index contributed by atoms with van der Waals surface area (Å²) < 4.78 is 5.85. The number of aryl methyl sites for hydroxylation is 2. The minimum absolute atomic E-state index is 0.0326. The van der Waals surface area contributed by atoms with Gasteiger partial charge in [0.25, 0.3) is 5.91 Å². The van der Waals surface area contributed by atoms with Crippen LogP contribution in [0.1, 0.15) is 16.7 Å². The second-order valence-corrected chi connectivity index (χ2v) is 6.16. The van der Waals surface area contributed by atoms with E-state index in [2.05, 4.69) is 4.98 Å². The lowest BCUT2D eigenvalue weighted by Gasteiger charge is -2.22. The van der Waals surface area contributed by atoms with Gasteiger partial charge in [0.05, 0.1) is 6.54 Å². The first-order valence-electron chi connectivity index (χ1n) is 8.59. The molecule has 3 rings (SSSR count). The van der Waals surface area contributed by atoms with Gasteiger partial charge in [0, 0.05) is 6.20 Å². The molecule has 1 amide bonds. The number of anilines is 1. The molecule has 3 aromatic rings. The molecule has 0 N–H and O–H groups in total. The van der Waals surface area contributed by atoms with Crippen LogP contribution in [0.3, 0.4) is 0 Å². The fraction of sp³-hybridized carbons (Fsp3) is 0.182. The first-order valence-corrected chi connectivity index (χ1v) is 8.59. The van der Waals surface area contributed by atoms with E-state index in [0.29, 0.717) is 12.4 Å². The molecular weight excluding hydrogens is 324 g/mol. The van der Waals surface area contributed by atoms with Crippen LogP contribution in [0.2, 0.25) is 0 Å². The monoisotopic (exact) mass is 346 g/mol. The Morgan fingerprint density at radius 2 is 1.62 bits per heavy atom. The molecule has 132 valence electrons. The van der Waals surface area contributed by atoms with Crippen LogP contribution in [0.15, 0.2) is 72.9 Å². The lowest BCUT2D eigenvalue weighted by Crippen LogP contribution is -2.35. The highest BCUT2D eigenvalue weighted by atomic mass is 16.5. The first-order chi connectivity index (χ1) is 12.6. The summed E-state index contributed by atoms with van der Waals surface area (Å²) in [5, 5.41) is 0. The highest BCUT2D eigenvalue weighted by molar-refractivity contribution is 5.93. The van der Waals surface area contributed by atoms with Crippen LogP contribution in [-0.4, -0.2) is 17.5 Å². The van der Waals surface area contributed by atoms with Crippen LogP contribution in [0.4, 0.5) is 5.82 Å². The van der Waals surface area contributed by atoms with Crippen molar-refractivity contribution in [1.82, 2.24) is 4.98 Å². The third kappa shape index (κ3) is 4.28. The van der Waals surface area contributed by atoms with E-state index in [0.717, 1.165) is 22.4 Å². The standard InChI is InChI=1S/C22H22N2O2/c1-17-9-8-10-18(2)22(17)26-16-21(25)24(20-13-6-7-14-23-20)15-19-11-4-3-5-12-19/h3-14H,15-16H2,1-2H3. The molecule has 0 aliphatic rings. The maximum absolute atomic E-state index is 12.9. The number of ether oxygens (including phenoxy) is 1. The smallest absolute Gasteiger partial charge is 0.266 e. The maximum Gasteiger partial charge on any atom is 0.266 e. The molecule has 0 aliphatic carbocycles. The van der Waals surface area contributed by atoms with E-state index >= 15 is 0 Å². The molecule has 0 saturated heterocycles. The van der Waals surface area contributed by atoms with E-state index in [1.165, 1.54) is 0 Å². The summed E-state index contributed by atoms with van der Waals surface area (Å²) in [6, 6.07) is 21.4. The van der Waals surface area contributed by atoms with Crippen molar-refractivity contribution in [2.45, 2.75) is 20.4 Å². The molecule has 0 spiro atoms. The minimum Gasteiger partial charge on any atom is -0.483 e. The minimum atomic E-state index is -0.129. The fourth-order valence-electron chi connectivity index (χ4n) is 2.82. The van der Waals surface area contributed by atoms with Gasteiger partial charge in [0.1, 0.15) is 11.6 Å². The molecule has 0 fully saturated rings. The zero-order valence-corrected chi connectivity index (χ0v) is 15.1. The van der Waals surface area contributed by atoms with Crippen molar-refractivity contribution < 1.29 is 9.53 Å². The van der Waals surface area contributed by atoms with E-state index in [1.54, 1.807) is 11.1 Å². The second kappa shape index (κ2) is 8.30. The van der Waals surface area contributed by atoms with Crippen LogP contribution < -0.4 is 9.64 Å². The number of rotatable bonds is 6. The first kappa shape index (κ1) is 17.7. The van der Waals surface area contributed by atoms with Gasteiger partial charge >= 0.3 is 0 Å². The van der Waals surface area contributed by atoms with Crippen LogP contribution in [0, 0.1) is 13.8 Å². The Hall–Kier alpha value is -3.14. The van der Waals surface area contributed by atoms with E-state index in [-0.39, 0.29) is 12.5 Å². The van der Waals surface area contributed by atoms with Crippen molar-refractivity contribution in [3.63, 3.8) is 0 Å². The third-order valence-electron chi connectivity index (χ3n) is 4.16. The highest BCUT2D eigenvalue weighted by Gasteiger charge is 2.18. The van der Waals surface area contributed by atoms with Gasteiger partial charge in [-0.25, -0.2) is 4.98 Å². The van der Waals surface area contributed by atoms with E-state index in [1.807, 2.05) is 80.6 Å². The van der Waals surface area contributed by atoms with Gasteiger partial charge in [-0.15, -0.1) is 0 Å². The number of pyridine rings is 1. The average molecular weight is 346 g/mol. The van der Waals surface area contributed by atoms with Crippen LogP contribution in [0.5, 0.6) is 5.75 Å². The van der Waals surface area contributed by atoms with Gasteiger partial charge in [0.15, 0.2) is 6.61 Å². The SMILES string of the molecule is Cc1cccc(C)c1OCC(=O)N(Cc1ccccc1)c1ccccn1. The van der Waals surface area contributed by atoms with Crippen molar-refractivity contribution >= 4 is 11.7 Å². The van der Waals surface area contributed by atoms with Crippen molar-refractivity contribution in [3.8, 4) is 5.75 Å². The summed E-state index contributed by atoms with van der Waals surface area (Å²) in [6.45, 7) is 4.38. The number of carbonyl (C=O) groups excluding carboxylic acids is 1. The normalized spacial score (nSPS) is 10.4. The molecule has 26 heavy (non-hydrogen) atoms. The number of amides is 1. The molecule has 0 unspecified atom stereocenters. The zero-order chi connectivity index (χ0) is 18.4. The molecule has 1 heterocycles. The number of carbonyl (C=O) groups is 1. The van der Waals surface area contributed by atoms with Gasteiger partial charge in [-0.1, -0.05) is 54.6 Å². The van der Waals surface area contributed by atoms with Crippen LogP contribution in [0.25, 0.3) is 0 Å². The lowest BCUT2D eigenvalue weighted by atomic mass is 10.1. The van der Waals surface area contributed by atoms with Crippen LogP contribution in [-0.2, 0) is 11.3 Å². The summed E-state index contributed by atoms with van der Waals surface area (Å²) in [5.41, 5.74) is 3.08. The quantitative estimate of drug-likeness (QED) is 0.668. The summed E-state index contributed by atoms with van der Waals surface area (Å²) in [6.07, 6.45) is 1.69. The number of aromatic nitrogens is 1. The Labute approximate surface area is 154 Å². The molecule has 0 radical (unpaired) electrons. The number of hydrogen-bond donors (Lipinski definition) is 0. The second-order valence-electron chi connectivity index (χ2n) is 6.16. The molecule has 0 atom stereocenters. The van der Waals surface area contributed by atoms with Crippen molar-refractivity contribution in [1.29, 1.82) is 0 Å². The molecule has 4 nitrogen and oxygen atoms in total. The maximum atomic E-state index is 12.9. The predicted octanol–water partition coefficient (Wildman–Crippen LogP) is 4.31. The van der Waals surface area contributed by atoms with Crippen molar-refractivity contribution in [2.24, 2.45) is 0 Å². The lowest BCUT2D eigenvalue weighted by molar-refractivity contribution is -0.120. The Balaban J connectivity index is 1.79. The largest absolute Gasteiger partial charge is 0.483 e. The van der Waals surface area contributed by atoms with E-state index in [9.17, 15) is 4.79 Å². The van der Waals surface area contributed by atoms with E-state index in [4.69, 9.17) is 4.74 Å². The number of benzene rings is 2. The van der Waals surface area contributed by atoms with Gasteiger partial charge in [0.2, 0.25) is 0 Å². The number of para-hydroxylation sites is 1. The molecule has 2 aromatic carbocycles. The van der Waals surface area contributed by atoms with Crippen molar-refractivity contribution in [3.05, 3.63) is 89.6 Å². The van der Waals surface area contributed by atoms with Gasteiger partial charge in [-0.05, 0) is 42.7 Å². The molecule has 0 aliphatic heterocycles. The average Bonchev–Trinajstić information content (AvgIpc) is 2.67. The predicted molar refractivity (Wildman–Crippen MR) is 103 cm³/mol. The van der Waals surface area contributed by atoms with Crippen LogP contribution >= 0.6 is 0 Å². The Morgan fingerprint density at radius 1 is 0.923 bits per heavy atom. The van der Waals surface area contributed by atoms with E-state index < -0.39 is 0 Å². The third-order valence-corrected chi connectivity index (χ3v) is 4.16.